The number of rotatable bonds is 5. The van der Waals surface area contributed by atoms with E-state index in [-0.39, 0.29) is 29.7 Å². The van der Waals surface area contributed by atoms with Gasteiger partial charge in [-0.1, -0.05) is 54.6 Å². The zero-order chi connectivity index (χ0) is 22.7. The monoisotopic (exact) mass is 448 g/mol. The third-order valence-electron chi connectivity index (χ3n) is 5.57. The Balaban J connectivity index is 1.41. The van der Waals surface area contributed by atoms with Crippen molar-refractivity contribution in [2.45, 2.75) is 4.90 Å². The summed E-state index contributed by atoms with van der Waals surface area (Å²) in [5.41, 5.74) is 8.47. The van der Waals surface area contributed by atoms with Crippen molar-refractivity contribution in [2.24, 2.45) is 5.73 Å². The molecule has 3 aromatic carbocycles. The molecule has 4 rings (SSSR count). The highest BCUT2D eigenvalue weighted by molar-refractivity contribution is 7.89. The fraction of sp³-hybridized carbons (Fsp3) is 0.167. The number of amidine groups is 1. The number of hydrogen-bond donors (Lipinski definition) is 2. The number of carbonyl (C=O) groups is 1. The van der Waals surface area contributed by atoms with Crippen LogP contribution in [0.2, 0.25) is 0 Å². The summed E-state index contributed by atoms with van der Waals surface area (Å²) in [5.74, 6) is -0.219. The summed E-state index contributed by atoms with van der Waals surface area (Å²) in [4.78, 5) is 14.6. The Hall–Kier alpha value is -3.49. The normalized spacial score (nSPS) is 14.8. The lowest BCUT2D eigenvalue weighted by Crippen LogP contribution is -2.50. The number of nitrogen functional groups attached to an aromatic ring is 1. The molecule has 0 unspecified atom stereocenters. The molecule has 1 amide bonds. The molecule has 0 aromatic heterocycles. The van der Waals surface area contributed by atoms with E-state index in [2.05, 4.69) is 0 Å². The van der Waals surface area contributed by atoms with E-state index >= 15 is 0 Å². The Morgan fingerprint density at radius 3 is 1.84 bits per heavy atom. The van der Waals surface area contributed by atoms with Crippen LogP contribution in [0.25, 0.3) is 11.1 Å². The van der Waals surface area contributed by atoms with Gasteiger partial charge in [-0.15, -0.1) is 0 Å². The van der Waals surface area contributed by atoms with Crippen molar-refractivity contribution in [3.05, 3.63) is 90.0 Å². The van der Waals surface area contributed by atoms with Crippen molar-refractivity contribution < 1.29 is 13.2 Å². The van der Waals surface area contributed by atoms with Crippen LogP contribution in [0, 0.1) is 5.41 Å². The molecule has 8 heteroatoms. The Labute approximate surface area is 187 Å². The molecule has 7 nitrogen and oxygen atoms in total. The van der Waals surface area contributed by atoms with Crippen molar-refractivity contribution >= 4 is 21.8 Å². The highest BCUT2D eigenvalue weighted by Crippen LogP contribution is 2.24. The van der Waals surface area contributed by atoms with Crippen molar-refractivity contribution in [2.75, 3.05) is 26.2 Å². The van der Waals surface area contributed by atoms with Gasteiger partial charge < -0.3 is 10.6 Å². The molecule has 0 saturated carbocycles. The van der Waals surface area contributed by atoms with Gasteiger partial charge in [0.05, 0.1) is 4.90 Å². The van der Waals surface area contributed by atoms with Gasteiger partial charge in [-0.3, -0.25) is 10.2 Å². The second-order valence-electron chi connectivity index (χ2n) is 7.58. The van der Waals surface area contributed by atoms with Crippen LogP contribution in [0.1, 0.15) is 15.9 Å². The Kier molecular flexibility index (Phi) is 6.07. The van der Waals surface area contributed by atoms with E-state index in [1.807, 2.05) is 42.5 Å². The Bertz CT molecular complexity index is 1220. The van der Waals surface area contributed by atoms with Gasteiger partial charge >= 0.3 is 0 Å². The number of sulfonamides is 1. The number of amides is 1. The molecule has 1 saturated heterocycles. The number of nitrogens with one attached hydrogen (secondary N) is 1. The smallest absolute Gasteiger partial charge is 0.253 e. The van der Waals surface area contributed by atoms with E-state index in [1.165, 1.54) is 4.31 Å². The first kappa shape index (κ1) is 21.7. The van der Waals surface area contributed by atoms with Gasteiger partial charge in [0.2, 0.25) is 10.0 Å². The van der Waals surface area contributed by atoms with Crippen LogP contribution in [0.3, 0.4) is 0 Å². The van der Waals surface area contributed by atoms with E-state index in [4.69, 9.17) is 11.1 Å². The molecular formula is C24H24N4O3S. The molecule has 0 radical (unpaired) electrons. The predicted molar refractivity (Wildman–Crippen MR) is 124 cm³/mol. The third kappa shape index (κ3) is 4.42. The molecule has 1 aliphatic heterocycles. The quantitative estimate of drug-likeness (QED) is 0.462. The number of carbonyl (C=O) groups excluding carboxylic acids is 1. The minimum absolute atomic E-state index is 0.0559. The predicted octanol–water partition coefficient (Wildman–Crippen LogP) is 2.78. The molecule has 0 atom stereocenters. The van der Waals surface area contributed by atoms with E-state index in [1.54, 1.807) is 41.3 Å². The summed E-state index contributed by atoms with van der Waals surface area (Å²) >= 11 is 0. The van der Waals surface area contributed by atoms with Crippen LogP contribution in [-0.4, -0.2) is 55.5 Å². The highest BCUT2D eigenvalue weighted by atomic mass is 32.2. The summed E-state index contributed by atoms with van der Waals surface area (Å²) in [5, 5.41) is 7.44. The molecule has 0 spiro atoms. The van der Waals surface area contributed by atoms with Crippen LogP contribution < -0.4 is 5.73 Å². The van der Waals surface area contributed by atoms with Gasteiger partial charge in [0.25, 0.3) is 5.91 Å². The zero-order valence-corrected chi connectivity index (χ0v) is 18.3. The van der Waals surface area contributed by atoms with Gasteiger partial charge in [-0.05, 0) is 35.4 Å². The molecule has 3 aromatic rings. The van der Waals surface area contributed by atoms with Crippen LogP contribution in [0.15, 0.2) is 83.8 Å². The average molecular weight is 449 g/mol. The Morgan fingerprint density at radius 1 is 0.750 bits per heavy atom. The van der Waals surface area contributed by atoms with Crippen LogP contribution in [-0.2, 0) is 10.0 Å². The molecule has 1 fully saturated rings. The number of nitrogens with zero attached hydrogens (tertiary/aromatic N) is 2. The maximum absolute atomic E-state index is 13.1. The maximum Gasteiger partial charge on any atom is 0.253 e. The van der Waals surface area contributed by atoms with Gasteiger partial charge in [-0.2, -0.15) is 4.31 Å². The topological polar surface area (TPSA) is 108 Å². The summed E-state index contributed by atoms with van der Waals surface area (Å²) < 4.78 is 27.6. The summed E-state index contributed by atoms with van der Waals surface area (Å²) in [6.07, 6.45) is 0. The molecule has 1 aliphatic rings. The first-order valence-corrected chi connectivity index (χ1v) is 11.7. The summed E-state index contributed by atoms with van der Waals surface area (Å²) in [6, 6.07) is 23.2. The number of hydrogen-bond acceptors (Lipinski definition) is 4. The second kappa shape index (κ2) is 8.94. The molecule has 0 bridgehead atoms. The van der Waals surface area contributed by atoms with Crippen molar-refractivity contribution in [3.8, 4) is 11.1 Å². The van der Waals surface area contributed by atoms with Gasteiger partial charge in [0.15, 0.2) is 0 Å². The van der Waals surface area contributed by atoms with Crippen LogP contribution in [0.4, 0.5) is 0 Å². The SMILES string of the molecule is N=C(N)c1ccc(C(=O)N2CCN(S(=O)(=O)c3ccc(-c4ccccc4)cc3)CC2)cc1. The maximum atomic E-state index is 13.1. The second-order valence-corrected chi connectivity index (χ2v) is 9.52. The summed E-state index contributed by atoms with van der Waals surface area (Å²) in [6.45, 7) is 1.10. The van der Waals surface area contributed by atoms with Crippen molar-refractivity contribution in [1.29, 1.82) is 5.41 Å². The van der Waals surface area contributed by atoms with E-state index in [9.17, 15) is 13.2 Å². The van der Waals surface area contributed by atoms with Gasteiger partial charge in [-0.25, -0.2) is 8.42 Å². The van der Waals surface area contributed by atoms with Crippen LogP contribution >= 0.6 is 0 Å². The molecular weight excluding hydrogens is 424 g/mol. The van der Waals surface area contributed by atoms with E-state index in [0.717, 1.165) is 11.1 Å². The fourth-order valence-corrected chi connectivity index (χ4v) is 5.13. The van der Waals surface area contributed by atoms with E-state index < -0.39 is 10.0 Å². The minimum atomic E-state index is -3.63. The fourth-order valence-electron chi connectivity index (χ4n) is 3.71. The van der Waals surface area contributed by atoms with Gasteiger partial charge in [0.1, 0.15) is 5.84 Å². The molecule has 3 N–H and O–H groups in total. The lowest BCUT2D eigenvalue weighted by Gasteiger charge is -2.34. The highest BCUT2D eigenvalue weighted by Gasteiger charge is 2.30. The lowest BCUT2D eigenvalue weighted by molar-refractivity contribution is 0.0698. The lowest BCUT2D eigenvalue weighted by atomic mass is 10.1. The van der Waals surface area contributed by atoms with Crippen molar-refractivity contribution in [1.82, 2.24) is 9.21 Å². The largest absolute Gasteiger partial charge is 0.384 e. The number of piperazine rings is 1. The standard InChI is InChI=1S/C24H24N4O3S/c25-23(26)20-6-8-21(9-7-20)24(29)27-14-16-28(17-15-27)32(30,31)22-12-10-19(11-13-22)18-4-2-1-3-5-18/h1-13H,14-17H2,(H3,25,26). The van der Waals surface area contributed by atoms with E-state index in [0.29, 0.717) is 24.2 Å². The molecule has 0 aliphatic carbocycles. The van der Waals surface area contributed by atoms with Crippen LogP contribution in [0.5, 0.6) is 0 Å². The first-order valence-electron chi connectivity index (χ1n) is 10.3. The number of benzene rings is 3. The first-order chi connectivity index (χ1) is 15.4. The summed E-state index contributed by atoms with van der Waals surface area (Å²) in [7, 11) is -3.63. The molecule has 32 heavy (non-hydrogen) atoms. The minimum Gasteiger partial charge on any atom is -0.384 e. The van der Waals surface area contributed by atoms with Crippen molar-refractivity contribution in [3.63, 3.8) is 0 Å². The molecule has 1 heterocycles. The third-order valence-corrected chi connectivity index (χ3v) is 7.48. The van der Waals surface area contributed by atoms with Gasteiger partial charge in [0, 0.05) is 37.3 Å². The number of nitrogens with two attached hydrogens (primary N) is 1. The molecule has 164 valence electrons. The average Bonchev–Trinajstić information content (AvgIpc) is 2.84. The Morgan fingerprint density at radius 2 is 1.28 bits per heavy atom. The zero-order valence-electron chi connectivity index (χ0n) is 17.4.